The Morgan fingerprint density at radius 1 is 0.870 bits per heavy atom. The first-order chi connectivity index (χ1) is 10.9. The van der Waals surface area contributed by atoms with E-state index in [0.717, 1.165) is 18.8 Å². The minimum absolute atomic E-state index is 0.248. The smallest absolute Gasteiger partial charge is 0.155 e. The van der Waals surface area contributed by atoms with Gasteiger partial charge in [0.2, 0.25) is 0 Å². The van der Waals surface area contributed by atoms with Gasteiger partial charge in [0.1, 0.15) is 0 Å². The molecule has 2 atom stereocenters. The topological polar surface area (TPSA) is 17.1 Å². The summed E-state index contributed by atoms with van der Waals surface area (Å²) in [5.74, 6) is 1.22. The molecule has 0 radical (unpaired) electrons. The van der Waals surface area contributed by atoms with Crippen LogP contribution in [0.2, 0.25) is 0 Å². The van der Waals surface area contributed by atoms with Gasteiger partial charge in [-0.05, 0) is 60.3 Å². The van der Waals surface area contributed by atoms with Gasteiger partial charge in [0.15, 0.2) is 5.78 Å². The van der Waals surface area contributed by atoms with Crippen LogP contribution in [0.15, 0.2) is 12.2 Å². The molecule has 0 saturated heterocycles. The average Bonchev–Trinajstić information content (AvgIpc) is 2.85. The van der Waals surface area contributed by atoms with E-state index in [2.05, 4.69) is 26.8 Å². The molecular weight excluding hydrogens is 280 g/mol. The van der Waals surface area contributed by atoms with Gasteiger partial charge in [-0.25, -0.2) is 0 Å². The Morgan fingerprint density at radius 3 is 2.13 bits per heavy atom. The fourth-order valence-corrected chi connectivity index (χ4v) is 6.25. The molecule has 0 amide bonds. The second kappa shape index (κ2) is 6.37. The van der Waals surface area contributed by atoms with Gasteiger partial charge < -0.3 is 0 Å². The summed E-state index contributed by atoms with van der Waals surface area (Å²) in [7, 11) is 0. The number of hydrogen-bond donors (Lipinski definition) is 0. The summed E-state index contributed by atoms with van der Waals surface area (Å²) in [6.07, 6.45) is 20.1. The summed E-state index contributed by atoms with van der Waals surface area (Å²) in [5.41, 5.74) is 0.944. The highest BCUT2D eigenvalue weighted by molar-refractivity contribution is 5.90. The number of rotatable bonds is 1. The lowest BCUT2D eigenvalue weighted by Gasteiger charge is -2.58. The van der Waals surface area contributed by atoms with Crippen molar-refractivity contribution < 1.29 is 4.79 Å². The lowest BCUT2D eigenvalue weighted by Crippen LogP contribution is -2.51. The third-order valence-electron chi connectivity index (χ3n) is 8.40. The summed E-state index contributed by atoms with van der Waals surface area (Å²) in [6, 6.07) is 0. The Kier molecular flexibility index (Phi) is 4.78. The fourth-order valence-electron chi connectivity index (χ4n) is 6.25. The molecule has 0 bridgehead atoms. The van der Waals surface area contributed by atoms with Crippen molar-refractivity contribution in [3.8, 4) is 0 Å². The van der Waals surface area contributed by atoms with Crippen molar-refractivity contribution in [3.63, 3.8) is 0 Å². The summed E-state index contributed by atoms with van der Waals surface area (Å²) in [5, 5.41) is 0. The minimum Gasteiger partial charge on any atom is -0.295 e. The molecule has 2 saturated carbocycles. The molecular formula is C22H36O. The van der Waals surface area contributed by atoms with Crippen molar-refractivity contribution in [2.24, 2.45) is 22.2 Å². The van der Waals surface area contributed by atoms with Crippen LogP contribution in [0.25, 0.3) is 0 Å². The zero-order valence-corrected chi connectivity index (χ0v) is 15.6. The predicted molar refractivity (Wildman–Crippen MR) is 97.4 cm³/mol. The van der Waals surface area contributed by atoms with E-state index in [1.54, 1.807) is 0 Å². The third-order valence-corrected chi connectivity index (χ3v) is 8.40. The maximum atomic E-state index is 11.8. The van der Waals surface area contributed by atoms with Gasteiger partial charge in [-0.1, -0.05) is 65.4 Å². The van der Waals surface area contributed by atoms with Crippen LogP contribution in [0.1, 0.15) is 97.8 Å². The average molecular weight is 317 g/mol. The van der Waals surface area contributed by atoms with Gasteiger partial charge in [-0.2, -0.15) is 0 Å². The van der Waals surface area contributed by atoms with Gasteiger partial charge in [-0.3, -0.25) is 4.79 Å². The van der Waals surface area contributed by atoms with E-state index in [-0.39, 0.29) is 10.8 Å². The standard InChI is InChI=1S/C22H36O/c1-20(2)21(3,18-10-6-4-5-7-11-18)14-8-9-15-22(20)16-12-19(23)13-17-22/h12,16,18H,4-11,13-15,17H2,1-3H3. The molecule has 0 aromatic heterocycles. The summed E-state index contributed by atoms with van der Waals surface area (Å²) in [6.45, 7) is 7.70. The molecule has 0 heterocycles. The Hall–Kier alpha value is -0.590. The maximum absolute atomic E-state index is 11.8. The Labute approximate surface area is 143 Å². The van der Waals surface area contributed by atoms with E-state index < -0.39 is 0 Å². The molecule has 3 rings (SSSR count). The maximum Gasteiger partial charge on any atom is 0.155 e. The number of carbonyl (C=O) groups excluding carboxylic acids is 1. The minimum atomic E-state index is 0.248. The Bertz CT molecular complexity index is 466. The molecule has 3 aliphatic rings. The molecule has 3 aliphatic carbocycles. The third kappa shape index (κ3) is 2.83. The Balaban J connectivity index is 1.98. The van der Waals surface area contributed by atoms with E-state index in [4.69, 9.17) is 0 Å². The van der Waals surface area contributed by atoms with Gasteiger partial charge in [0, 0.05) is 6.42 Å². The van der Waals surface area contributed by atoms with Gasteiger partial charge >= 0.3 is 0 Å². The largest absolute Gasteiger partial charge is 0.295 e. The van der Waals surface area contributed by atoms with E-state index in [0.29, 0.717) is 11.2 Å². The molecule has 2 unspecified atom stereocenters. The lowest BCUT2D eigenvalue weighted by molar-refractivity contribution is -0.118. The van der Waals surface area contributed by atoms with Gasteiger partial charge in [0.25, 0.3) is 0 Å². The summed E-state index contributed by atoms with van der Waals surface area (Å²) in [4.78, 5) is 11.8. The molecule has 0 N–H and O–H groups in total. The zero-order valence-electron chi connectivity index (χ0n) is 15.6. The highest BCUT2D eigenvalue weighted by atomic mass is 16.1. The van der Waals surface area contributed by atoms with Crippen LogP contribution in [0.3, 0.4) is 0 Å². The van der Waals surface area contributed by atoms with Crippen LogP contribution < -0.4 is 0 Å². The zero-order chi connectivity index (χ0) is 16.6. The first-order valence-electron chi connectivity index (χ1n) is 10.1. The first kappa shape index (κ1) is 17.2. The molecule has 1 heteroatoms. The Morgan fingerprint density at radius 2 is 1.52 bits per heavy atom. The van der Waals surface area contributed by atoms with E-state index in [1.807, 2.05) is 6.08 Å². The molecule has 0 aromatic rings. The molecule has 1 nitrogen and oxygen atoms in total. The van der Waals surface area contributed by atoms with Crippen molar-refractivity contribution >= 4 is 5.78 Å². The molecule has 0 aliphatic heterocycles. The SMILES string of the molecule is CC1(C2CCCCCC2)CCCCC2(C=CC(=O)CC2)C1(C)C. The molecule has 23 heavy (non-hydrogen) atoms. The van der Waals surface area contributed by atoms with Crippen LogP contribution >= 0.6 is 0 Å². The van der Waals surface area contributed by atoms with Crippen molar-refractivity contribution in [1.82, 2.24) is 0 Å². The van der Waals surface area contributed by atoms with Crippen LogP contribution in [-0.4, -0.2) is 5.78 Å². The van der Waals surface area contributed by atoms with Crippen molar-refractivity contribution in [3.05, 3.63) is 12.2 Å². The quantitative estimate of drug-likeness (QED) is 0.507. The number of ketones is 1. The predicted octanol–water partition coefficient (Wildman–Crippen LogP) is 6.47. The molecule has 1 spiro atoms. The first-order valence-corrected chi connectivity index (χ1v) is 10.1. The lowest BCUT2D eigenvalue weighted by atomic mass is 9.46. The fraction of sp³-hybridized carbons (Fsp3) is 0.864. The van der Waals surface area contributed by atoms with Crippen molar-refractivity contribution in [1.29, 1.82) is 0 Å². The monoisotopic (exact) mass is 316 g/mol. The van der Waals surface area contributed by atoms with Gasteiger partial charge in [0.05, 0.1) is 0 Å². The molecule has 2 fully saturated rings. The second-order valence-corrected chi connectivity index (χ2v) is 9.39. The van der Waals surface area contributed by atoms with E-state index in [1.165, 1.54) is 64.2 Å². The molecule has 130 valence electrons. The number of allylic oxidation sites excluding steroid dienone is 2. The number of carbonyl (C=O) groups is 1. The second-order valence-electron chi connectivity index (χ2n) is 9.39. The highest BCUT2D eigenvalue weighted by Crippen LogP contribution is 2.65. The normalized spacial score (nSPS) is 39.2. The van der Waals surface area contributed by atoms with Crippen LogP contribution in [0, 0.1) is 22.2 Å². The van der Waals surface area contributed by atoms with Crippen molar-refractivity contribution in [2.75, 3.05) is 0 Å². The van der Waals surface area contributed by atoms with Crippen LogP contribution in [-0.2, 0) is 4.79 Å². The summed E-state index contributed by atoms with van der Waals surface area (Å²) < 4.78 is 0. The van der Waals surface area contributed by atoms with Crippen LogP contribution in [0.4, 0.5) is 0 Å². The highest BCUT2D eigenvalue weighted by Gasteiger charge is 2.57. The van der Waals surface area contributed by atoms with E-state index >= 15 is 0 Å². The molecule has 0 aromatic carbocycles. The van der Waals surface area contributed by atoms with E-state index in [9.17, 15) is 4.79 Å². The van der Waals surface area contributed by atoms with Crippen molar-refractivity contribution in [2.45, 2.75) is 97.8 Å². The van der Waals surface area contributed by atoms with Gasteiger partial charge in [-0.15, -0.1) is 0 Å². The summed E-state index contributed by atoms with van der Waals surface area (Å²) >= 11 is 0. The number of hydrogen-bond acceptors (Lipinski definition) is 1. The van der Waals surface area contributed by atoms with Crippen LogP contribution in [0.5, 0.6) is 0 Å².